The average Bonchev–Trinajstić information content (AvgIpc) is 2.98. The van der Waals surface area contributed by atoms with Crippen molar-refractivity contribution in [2.75, 3.05) is 0 Å². The summed E-state index contributed by atoms with van der Waals surface area (Å²) < 4.78 is 0. The standard InChI is InChI=1S/C18H32N2O4/c21-15(17(23)19-13-9-5-1-2-6-10-13)16(22)18(24)20-14-11-7-3-4-8-12-14/h13-16,21-22H,1-12H2,(H,19,23)(H,20,24). The Morgan fingerprint density at radius 3 is 1.21 bits per heavy atom. The summed E-state index contributed by atoms with van der Waals surface area (Å²) in [6.07, 6.45) is 9.07. The van der Waals surface area contributed by atoms with Crippen LogP contribution < -0.4 is 10.6 Å². The zero-order valence-corrected chi connectivity index (χ0v) is 14.5. The van der Waals surface area contributed by atoms with Gasteiger partial charge in [0.2, 0.25) is 0 Å². The minimum absolute atomic E-state index is 0.0340. The number of hydrogen-bond acceptors (Lipinski definition) is 4. The molecule has 24 heavy (non-hydrogen) atoms. The molecule has 2 atom stereocenters. The molecule has 2 aliphatic carbocycles. The third kappa shape index (κ3) is 6.06. The van der Waals surface area contributed by atoms with Gasteiger partial charge in [0, 0.05) is 12.1 Å². The summed E-state index contributed by atoms with van der Waals surface area (Å²) >= 11 is 0. The van der Waals surface area contributed by atoms with E-state index < -0.39 is 24.0 Å². The predicted molar refractivity (Wildman–Crippen MR) is 91.3 cm³/mol. The van der Waals surface area contributed by atoms with E-state index in [1.165, 1.54) is 25.7 Å². The zero-order chi connectivity index (χ0) is 17.4. The Morgan fingerprint density at radius 1 is 0.625 bits per heavy atom. The third-order valence-corrected chi connectivity index (χ3v) is 5.24. The van der Waals surface area contributed by atoms with Crippen LogP contribution in [0.1, 0.15) is 77.0 Å². The Bertz CT molecular complexity index is 362. The van der Waals surface area contributed by atoms with Crippen LogP contribution in [-0.2, 0) is 9.59 Å². The van der Waals surface area contributed by atoms with Gasteiger partial charge in [-0.05, 0) is 25.7 Å². The molecule has 0 radical (unpaired) electrons. The van der Waals surface area contributed by atoms with E-state index in [2.05, 4.69) is 10.6 Å². The molecule has 6 nitrogen and oxygen atoms in total. The first kappa shape index (κ1) is 19.2. The van der Waals surface area contributed by atoms with Crippen LogP contribution in [0.25, 0.3) is 0 Å². The van der Waals surface area contributed by atoms with Crippen molar-refractivity contribution in [1.82, 2.24) is 10.6 Å². The number of aliphatic hydroxyl groups excluding tert-OH is 2. The van der Waals surface area contributed by atoms with Crippen molar-refractivity contribution in [3.05, 3.63) is 0 Å². The first-order valence-electron chi connectivity index (χ1n) is 9.55. The van der Waals surface area contributed by atoms with Crippen LogP contribution >= 0.6 is 0 Å². The molecule has 2 saturated carbocycles. The van der Waals surface area contributed by atoms with Crippen molar-refractivity contribution in [2.24, 2.45) is 0 Å². The maximum absolute atomic E-state index is 12.1. The number of rotatable bonds is 5. The van der Waals surface area contributed by atoms with Crippen LogP contribution in [0.15, 0.2) is 0 Å². The van der Waals surface area contributed by atoms with Crippen molar-refractivity contribution < 1.29 is 19.8 Å². The van der Waals surface area contributed by atoms with Crippen molar-refractivity contribution in [3.8, 4) is 0 Å². The molecular formula is C18H32N2O4. The molecule has 0 aromatic carbocycles. The van der Waals surface area contributed by atoms with E-state index in [0.717, 1.165) is 51.4 Å². The molecule has 2 amide bonds. The minimum atomic E-state index is -1.71. The highest BCUT2D eigenvalue weighted by molar-refractivity contribution is 5.90. The topological polar surface area (TPSA) is 98.7 Å². The molecule has 0 aromatic heterocycles. The van der Waals surface area contributed by atoms with Crippen molar-refractivity contribution in [2.45, 2.75) is 101 Å². The van der Waals surface area contributed by atoms with Gasteiger partial charge >= 0.3 is 0 Å². The Balaban J connectivity index is 1.79. The maximum Gasteiger partial charge on any atom is 0.252 e. The van der Waals surface area contributed by atoms with E-state index in [4.69, 9.17) is 0 Å². The normalized spacial score (nSPS) is 23.6. The lowest BCUT2D eigenvalue weighted by molar-refractivity contribution is -0.147. The van der Waals surface area contributed by atoms with Crippen LogP contribution in [0.3, 0.4) is 0 Å². The fourth-order valence-electron chi connectivity index (χ4n) is 3.71. The SMILES string of the molecule is O=C(NC1CCCCCC1)C(O)C(O)C(=O)NC1CCCCCC1. The number of nitrogens with one attached hydrogen (secondary N) is 2. The molecule has 2 unspecified atom stereocenters. The van der Waals surface area contributed by atoms with E-state index in [9.17, 15) is 19.8 Å². The number of amides is 2. The van der Waals surface area contributed by atoms with Gasteiger partial charge < -0.3 is 20.8 Å². The molecule has 0 saturated heterocycles. The van der Waals surface area contributed by atoms with Gasteiger partial charge in [-0.2, -0.15) is 0 Å². The van der Waals surface area contributed by atoms with Gasteiger partial charge in [-0.15, -0.1) is 0 Å². The van der Waals surface area contributed by atoms with Crippen LogP contribution in [0.4, 0.5) is 0 Å². The largest absolute Gasteiger partial charge is 0.380 e. The van der Waals surface area contributed by atoms with Crippen molar-refractivity contribution in [3.63, 3.8) is 0 Å². The van der Waals surface area contributed by atoms with E-state index in [0.29, 0.717) is 0 Å². The quantitative estimate of drug-likeness (QED) is 0.568. The monoisotopic (exact) mass is 340 g/mol. The first-order chi connectivity index (χ1) is 11.6. The van der Waals surface area contributed by atoms with E-state index >= 15 is 0 Å². The lowest BCUT2D eigenvalue weighted by atomic mass is 10.1. The molecule has 0 bridgehead atoms. The van der Waals surface area contributed by atoms with Gasteiger partial charge in [0.15, 0.2) is 12.2 Å². The Morgan fingerprint density at radius 2 is 0.917 bits per heavy atom. The molecule has 4 N–H and O–H groups in total. The lowest BCUT2D eigenvalue weighted by Crippen LogP contribution is -2.53. The minimum Gasteiger partial charge on any atom is -0.380 e. The molecule has 2 rings (SSSR count). The first-order valence-corrected chi connectivity index (χ1v) is 9.55. The van der Waals surface area contributed by atoms with Gasteiger partial charge in [-0.1, -0.05) is 51.4 Å². The number of carbonyl (C=O) groups excluding carboxylic acids is 2. The van der Waals surface area contributed by atoms with E-state index in [1.807, 2.05) is 0 Å². The van der Waals surface area contributed by atoms with Crippen LogP contribution in [0.5, 0.6) is 0 Å². The predicted octanol–water partition coefficient (Wildman–Crippen LogP) is 1.39. The molecule has 2 aliphatic rings. The number of carbonyl (C=O) groups is 2. The second kappa shape index (κ2) is 9.99. The summed E-state index contributed by atoms with van der Waals surface area (Å²) in [6, 6.07) is 0.0681. The maximum atomic E-state index is 12.1. The Hall–Kier alpha value is -1.14. The molecule has 0 aliphatic heterocycles. The highest BCUT2D eigenvalue weighted by Crippen LogP contribution is 2.18. The molecular weight excluding hydrogens is 308 g/mol. The van der Waals surface area contributed by atoms with Gasteiger partial charge in [0.1, 0.15) is 0 Å². The summed E-state index contributed by atoms with van der Waals surface area (Å²) in [5.74, 6) is -1.30. The Labute approximate surface area is 144 Å². The second-order valence-electron chi connectivity index (χ2n) is 7.28. The summed E-state index contributed by atoms with van der Waals surface area (Å²) in [5, 5.41) is 25.6. The van der Waals surface area contributed by atoms with Gasteiger partial charge in [-0.3, -0.25) is 9.59 Å². The van der Waals surface area contributed by atoms with Crippen molar-refractivity contribution in [1.29, 1.82) is 0 Å². The van der Waals surface area contributed by atoms with E-state index in [1.54, 1.807) is 0 Å². The van der Waals surface area contributed by atoms with Crippen LogP contribution in [-0.4, -0.2) is 46.3 Å². The molecule has 2 fully saturated rings. The molecule has 6 heteroatoms. The van der Waals surface area contributed by atoms with Gasteiger partial charge in [-0.25, -0.2) is 0 Å². The summed E-state index contributed by atoms with van der Waals surface area (Å²) in [5.41, 5.74) is 0. The smallest absolute Gasteiger partial charge is 0.252 e. The van der Waals surface area contributed by atoms with Gasteiger partial charge in [0.05, 0.1) is 0 Å². The summed E-state index contributed by atoms with van der Waals surface area (Å²) in [6.45, 7) is 0. The fourth-order valence-corrected chi connectivity index (χ4v) is 3.71. The number of hydrogen-bond donors (Lipinski definition) is 4. The van der Waals surface area contributed by atoms with Gasteiger partial charge in [0.25, 0.3) is 11.8 Å². The summed E-state index contributed by atoms with van der Waals surface area (Å²) in [7, 11) is 0. The highest BCUT2D eigenvalue weighted by Gasteiger charge is 2.32. The van der Waals surface area contributed by atoms with E-state index in [-0.39, 0.29) is 12.1 Å². The van der Waals surface area contributed by atoms with Crippen LogP contribution in [0, 0.1) is 0 Å². The fraction of sp³-hybridized carbons (Fsp3) is 0.889. The Kier molecular flexibility index (Phi) is 7.99. The molecule has 0 heterocycles. The summed E-state index contributed by atoms with van der Waals surface area (Å²) in [4.78, 5) is 24.2. The zero-order valence-electron chi connectivity index (χ0n) is 14.5. The lowest BCUT2D eigenvalue weighted by Gasteiger charge is -2.23. The van der Waals surface area contributed by atoms with Crippen molar-refractivity contribution >= 4 is 11.8 Å². The molecule has 0 aromatic rings. The number of aliphatic hydroxyl groups is 2. The second-order valence-corrected chi connectivity index (χ2v) is 7.28. The van der Waals surface area contributed by atoms with Crippen LogP contribution in [0.2, 0.25) is 0 Å². The average molecular weight is 340 g/mol. The third-order valence-electron chi connectivity index (χ3n) is 5.24. The highest BCUT2D eigenvalue weighted by atomic mass is 16.3. The molecule has 138 valence electrons. The molecule has 0 spiro atoms.